The van der Waals surface area contributed by atoms with Crippen LogP contribution < -0.4 is 14.9 Å². The second-order valence-electron chi connectivity index (χ2n) is 5.34. The highest BCUT2D eigenvalue weighted by Gasteiger charge is 2.21. The average molecular weight is 352 g/mol. The van der Waals surface area contributed by atoms with E-state index in [0.29, 0.717) is 0 Å². The third kappa shape index (κ3) is 2.83. The van der Waals surface area contributed by atoms with Crippen LogP contribution in [0.1, 0.15) is 5.56 Å². The van der Waals surface area contributed by atoms with Gasteiger partial charge in [-0.25, -0.2) is 4.68 Å². The second kappa shape index (κ2) is 6.52. The van der Waals surface area contributed by atoms with Gasteiger partial charge in [0.1, 0.15) is 11.5 Å². The summed E-state index contributed by atoms with van der Waals surface area (Å²) < 4.78 is 12.7. The van der Waals surface area contributed by atoms with Crippen LogP contribution in [0, 0.1) is 0 Å². The molecule has 0 spiro atoms. The third-order valence-corrected chi connectivity index (χ3v) is 4.71. The highest BCUT2D eigenvalue weighted by molar-refractivity contribution is 8.02. The minimum Gasteiger partial charge on any atom is -0.497 e. The number of thioether (sulfide) groups is 1. The molecule has 0 fully saturated rings. The van der Waals surface area contributed by atoms with Crippen LogP contribution in [-0.4, -0.2) is 29.1 Å². The van der Waals surface area contributed by atoms with Crippen molar-refractivity contribution in [2.45, 2.75) is 5.16 Å². The monoisotopic (exact) mass is 352 g/mol. The van der Waals surface area contributed by atoms with Crippen LogP contribution in [0.4, 0.5) is 0 Å². The molecule has 0 bridgehead atoms. The molecule has 126 valence electrons. The van der Waals surface area contributed by atoms with Gasteiger partial charge in [0.2, 0.25) is 5.16 Å². The number of nitrogens with one attached hydrogen (secondary N) is 1. The number of ether oxygens (including phenoxy) is 2. The molecule has 0 radical (unpaired) electrons. The molecule has 7 heteroatoms. The van der Waals surface area contributed by atoms with E-state index in [1.807, 2.05) is 58.6 Å². The summed E-state index contributed by atoms with van der Waals surface area (Å²) in [4.78, 5) is 0. The topological polar surface area (TPSA) is 61.2 Å². The molecule has 0 atom stereocenters. The summed E-state index contributed by atoms with van der Waals surface area (Å²) in [6.07, 6.45) is 0. The van der Waals surface area contributed by atoms with Crippen LogP contribution in [0.15, 0.2) is 59.1 Å². The molecule has 1 aliphatic heterocycles. The van der Waals surface area contributed by atoms with Gasteiger partial charge in [-0.15, -0.1) is 10.2 Å². The predicted octanol–water partition coefficient (Wildman–Crippen LogP) is 3.61. The number of hydrogen-bond donors (Lipinski definition) is 1. The van der Waals surface area contributed by atoms with Gasteiger partial charge >= 0.3 is 0 Å². The quantitative estimate of drug-likeness (QED) is 0.774. The fourth-order valence-corrected chi connectivity index (χ4v) is 3.36. The van der Waals surface area contributed by atoms with E-state index in [1.165, 1.54) is 11.8 Å². The lowest BCUT2D eigenvalue weighted by Gasteiger charge is -2.21. The first-order chi connectivity index (χ1) is 12.3. The van der Waals surface area contributed by atoms with Crippen molar-refractivity contribution < 1.29 is 9.47 Å². The van der Waals surface area contributed by atoms with Crippen molar-refractivity contribution in [3.8, 4) is 22.9 Å². The highest BCUT2D eigenvalue weighted by Crippen LogP contribution is 2.36. The zero-order chi connectivity index (χ0) is 17.2. The molecular weight excluding hydrogens is 336 g/mol. The van der Waals surface area contributed by atoms with Crippen molar-refractivity contribution in [2.24, 2.45) is 0 Å². The number of fused-ring (bicyclic) bond motifs is 1. The normalized spacial score (nSPS) is 12.8. The van der Waals surface area contributed by atoms with Crippen molar-refractivity contribution in [1.29, 1.82) is 0 Å². The molecule has 1 N–H and O–H groups in total. The maximum absolute atomic E-state index is 5.50. The average Bonchev–Trinajstić information content (AvgIpc) is 3.11. The van der Waals surface area contributed by atoms with E-state index in [2.05, 4.69) is 15.6 Å². The number of benzene rings is 2. The zero-order valence-corrected chi connectivity index (χ0v) is 14.6. The Kier molecular flexibility index (Phi) is 4.07. The summed E-state index contributed by atoms with van der Waals surface area (Å²) in [6, 6.07) is 15.7. The van der Waals surface area contributed by atoms with Crippen LogP contribution in [-0.2, 0) is 0 Å². The van der Waals surface area contributed by atoms with E-state index in [-0.39, 0.29) is 0 Å². The first-order valence-electron chi connectivity index (χ1n) is 7.67. The van der Waals surface area contributed by atoms with E-state index >= 15 is 0 Å². The smallest absolute Gasteiger partial charge is 0.214 e. The van der Waals surface area contributed by atoms with Crippen molar-refractivity contribution >= 4 is 17.5 Å². The summed E-state index contributed by atoms with van der Waals surface area (Å²) in [5.74, 6) is 2.29. The first-order valence-corrected chi connectivity index (χ1v) is 8.55. The molecule has 1 aromatic heterocycles. The van der Waals surface area contributed by atoms with Crippen LogP contribution in [0.2, 0.25) is 0 Å². The summed E-state index contributed by atoms with van der Waals surface area (Å²) in [6.45, 7) is 0. The molecule has 2 heterocycles. The maximum Gasteiger partial charge on any atom is 0.214 e. The standard InChI is InChI=1S/C18H16N4O2S/c1-23-13-8-9-16(24-2)14(10-13)15-11-25-18-20-19-17(22(18)21-15)12-6-4-3-5-7-12/h3-11,21H,1-2H3. The molecule has 0 unspecified atom stereocenters. The van der Waals surface area contributed by atoms with E-state index in [1.54, 1.807) is 14.2 Å². The Hall–Kier alpha value is -2.93. The molecule has 4 rings (SSSR count). The highest BCUT2D eigenvalue weighted by atomic mass is 32.2. The molecule has 6 nitrogen and oxygen atoms in total. The summed E-state index contributed by atoms with van der Waals surface area (Å²) in [5, 5.41) is 11.3. The Labute approximate surface area is 149 Å². The number of aromatic nitrogens is 3. The summed E-state index contributed by atoms with van der Waals surface area (Å²) >= 11 is 1.51. The van der Waals surface area contributed by atoms with Gasteiger partial charge in [-0.2, -0.15) is 0 Å². The van der Waals surface area contributed by atoms with Crippen molar-refractivity contribution in [3.63, 3.8) is 0 Å². The third-order valence-electron chi connectivity index (χ3n) is 3.88. The fourth-order valence-electron chi connectivity index (χ4n) is 2.63. The SMILES string of the molecule is COc1ccc(OC)c(C2=CSc3nnc(-c4ccccc4)n3N2)c1. The predicted molar refractivity (Wildman–Crippen MR) is 98.2 cm³/mol. The van der Waals surface area contributed by atoms with Gasteiger partial charge in [0.25, 0.3) is 0 Å². The molecule has 0 saturated carbocycles. The lowest BCUT2D eigenvalue weighted by atomic mass is 10.1. The number of nitrogens with zero attached hydrogens (tertiary/aromatic N) is 3. The van der Waals surface area contributed by atoms with E-state index in [9.17, 15) is 0 Å². The maximum atomic E-state index is 5.50. The van der Waals surface area contributed by atoms with Crippen LogP contribution in [0.3, 0.4) is 0 Å². The van der Waals surface area contributed by atoms with Gasteiger partial charge in [0.05, 0.1) is 19.9 Å². The van der Waals surface area contributed by atoms with E-state index < -0.39 is 0 Å². The molecule has 0 aliphatic carbocycles. The Bertz CT molecular complexity index is 938. The zero-order valence-electron chi connectivity index (χ0n) is 13.8. The van der Waals surface area contributed by atoms with Crippen molar-refractivity contribution in [1.82, 2.24) is 14.9 Å². The molecule has 25 heavy (non-hydrogen) atoms. The molecular formula is C18H16N4O2S. The van der Waals surface area contributed by atoms with Crippen LogP contribution >= 0.6 is 11.8 Å². The van der Waals surface area contributed by atoms with Gasteiger partial charge in [-0.3, -0.25) is 5.43 Å². The molecule has 3 aromatic rings. The molecule has 2 aromatic carbocycles. The van der Waals surface area contributed by atoms with Gasteiger partial charge in [-0.1, -0.05) is 42.1 Å². The van der Waals surface area contributed by atoms with Gasteiger partial charge in [0, 0.05) is 16.5 Å². The Morgan fingerprint density at radius 1 is 1.00 bits per heavy atom. The first kappa shape index (κ1) is 15.6. The molecule has 1 aliphatic rings. The van der Waals surface area contributed by atoms with Gasteiger partial charge in [-0.05, 0) is 18.2 Å². The van der Waals surface area contributed by atoms with Gasteiger partial charge in [0.15, 0.2) is 5.82 Å². The summed E-state index contributed by atoms with van der Waals surface area (Å²) in [7, 11) is 3.30. The van der Waals surface area contributed by atoms with Crippen molar-refractivity contribution in [3.05, 3.63) is 59.5 Å². The minimum atomic E-state index is 0.760. The Morgan fingerprint density at radius 2 is 1.84 bits per heavy atom. The number of methoxy groups -OCH3 is 2. The minimum absolute atomic E-state index is 0.760. The fraction of sp³-hybridized carbons (Fsp3) is 0.111. The lowest BCUT2D eigenvalue weighted by molar-refractivity contribution is 0.402. The Morgan fingerprint density at radius 3 is 2.60 bits per heavy atom. The molecule has 0 saturated heterocycles. The van der Waals surface area contributed by atoms with Gasteiger partial charge < -0.3 is 9.47 Å². The molecule has 0 amide bonds. The van der Waals surface area contributed by atoms with Crippen LogP contribution in [0.5, 0.6) is 11.5 Å². The van der Waals surface area contributed by atoms with E-state index in [4.69, 9.17) is 9.47 Å². The summed E-state index contributed by atoms with van der Waals surface area (Å²) in [5.41, 5.74) is 6.18. The number of rotatable bonds is 4. The number of hydrogen-bond acceptors (Lipinski definition) is 6. The lowest BCUT2D eigenvalue weighted by Crippen LogP contribution is -2.18. The van der Waals surface area contributed by atoms with E-state index in [0.717, 1.165) is 39.3 Å². The largest absolute Gasteiger partial charge is 0.497 e. The van der Waals surface area contributed by atoms with Crippen molar-refractivity contribution in [2.75, 3.05) is 19.6 Å². The Balaban J connectivity index is 1.74. The second-order valence-corrected chi connectivity index (χ2v) is 6.17. The van der Waals surface area contributed by atoms with Crippen LogP contribution in [0.25, 0.3) is 17.1 Å².